The second-order valence-electron chi connectivity index (χ2n) is 17.1. The summed E-state index contributed by atoms with van der Waals surface area (Å²) in [4.78, 5) is 0. The minimum atomic E-state index is -4.80. The van der Waals surface area contributed by atoms with Gasteiger partial charge in [0, 0.05) is 32.7 Å². The Morgan fingerprint density at radius 3 is 1.17 bits per heavy atom. The van der Waals surface area contributed by atoms with Crippen LogP contribution in [-0.4, -0.2) is 9.13 Å². The molecule has 0 N–H and O–H groups in total. The molecule has 72 heavy (non-hydrogen) atoms. The van der Waals surface area contributed by atoms with Crippen LogP contribution in [0.15, 0.2) is 176 Å². The lowest BCUT2D eigenvalue weighted by Crippen LogP contribution is -2.08. The Balaban J connectivity index is 1.21. The van der Waals surface area contributed by atoms with Crippen molar-refractivity contribution >= 4 is 43.6 Å². The number of aromatic nitrogens is 2. The summed E-state index contributed by atoms with van der Waals surface area (Å²) in [5, 5.41) is 62.8. The minimum absolute atomic E-state index is 0.123. The number of nitriles is 6. The fourth-order valence-electron chi connectivity index (χ4n) is 9.94. The molecule has 0 spiro atoms. The second kappa shape index (κ2) is 17.1. The number of fused-ring (bicyclic) bond motifs is 6. The summed E-state index contributed by atoms with van der Waals surface area (Å²) in [6, 6.07) is 63.9. The van der Waals surface area contributed by atoms with Crippen molar-refractivity contribution in [3.8, 4) is 92.3 Å². The molecule has 9 aromatic carbocycles. The zero-order valence-electron chi connectivity index (χ0n) is 37.5. The van der Waals surface area contributed by atoms with E-state index in [0.29, 0.717) is 67.0 Å². The van der Waals surface area contributed by atoms with Gasteiger partial charge in [-0.3, -0.25) is 0 Å². The van der Waals surface area contributed by atoms with Crippen molar-refractivity contribution in [1.29, 1.82) is 31.6 Å². The molecule has 0 saturated heterocycles. The normalized spacial score (nSPS) is 11.2. The van der Waals surface area contributed by atoms with E-state index in [1.54, 1.807) is 66.7 Å². The molecule has 0 aliphatic carbocycles. The molecule has 0 bridgehead atoms. The average Bonchev–Trinajstić information content (AvgIpc) is 3.93. The van der Waals surface area contributed by atoms with E-state index in [2.05, 4.69) is 34.9 Å². The van der Waals surface area contributed by atoms with E-state index in [1.807, 2.05) is 102 Å². The summed E-state index contributed by atoms with van der Waals surface area (Å²) in [7, 11) is 0. The van der Waals surface area contributed by atoms with Gasteiger partial charge in [0.15, 0.2) is 0 Å². The fourth-order valence-corrected chi connectivity index (χ4v) is 9.94. The van der Waals surface area contributed by atoms with Gasteiger partial charge in [-0.15, -0.1) is 0 Å². The Kier molecular flexibility index (Phi) is 10.4. The molecule has 2 heterocycles. The first-order valence-corrected chi connectivity index (χ1v) is 22.3. The molecule has 0 saturated carbocycles. The highest BCUT2D eigenvalue weighted by Crippen LogP contribution is 2.45. The lowest BCUT2D eigenvalue weighted by Gasteiger charge is -2.21. The van der Waals surface area contributed by atoms with E-state index < -0.39 is 11.7 Å². The quantitative estimate of drug-likeness (QED) is 0.162. The minimum Gasteiger partial charge on any atom is -0.309 e. The van der Waals surface area contributed by atoms with E-state index in [-0.39, 0.29) is 16.7 Å². The molecule has 11 aromatic rings. The van der Waals surface area contributed by atoms with Gasteiger partial charge in [-0.25, -0.2) is 0 Å². The molecule has 0 atom stereocenters. The van der Waals surface area contributed by atoms with Gasteiger partial charge in [0.25, 0.3) is 0 Å². The number of alkyl halides is 3. The highest BCUT2D eigenvalue weighted by atomic mass is 19.4. The third-order valence-electron chi connectivity index (χ3n) is 13.2. The molecule has 0 aliphatic rings. The lowest BCUT2D eigenvalue weighted by molar-refractivity contribution is -0.137. The SMILES string of the molecule is N#Cc1ccc(-c2ccc3c(c2)c2ccccc2n3-c2cc(C#N)ccc2-c2ccc(-c3ccc(C#N)cc3C(F)(F)F)cc2-n2c3ccccc3c3cc(-c4ccc(C#N)cc4C#N)ccc32)c(C#N)c1. The van der Waals surface area contributed by atoms with E-state index in [4.69, 9.17) is 0 Å². The number of nitrogens with zero attached hydrogens (tertiary/aromatic N) is 8. The predicted octanol–water partition coefficient (Wildman–Crippen LogP) is 14.8. The van der Waals surface area contributed by atoms with Crippen LogP contribution in [0.4, 0.5) is 13.2 Å². The van der Waals surface area contributed by atoms with Crippen LogP contribution in [0.2, 0.25) is 0 Å². The summed E-state index contributed by atoms with van der Waals surface area (Å²) in [6.45, 7) is 0. The first-order valence-electron chi connectivity index (χ1n) is 22.3. The highest BCUT2D eigenvalue weighted by Gasteiger charge is 2.34. The molecule has 2 aromatic heterocycles. The van der Waals surface area contributed by atoms with Gasteiger partial charge in [-0.1, -0.05) is 84.9 Å². The van der Waals surface area contributed by atoms with Crippen LogP contribution in [-0.2, 0) is 6.18 Å². The zero-order valence-corrected chi connectivity index (χ0v) is 37.5. The van der Waals surface area contributed by atoms with E-state index in [9.17, 15) is 44.7 Å². The molecule has 8 nitrogen and oxygen atoms in total. The standard InChI is InChI=1S/C61H29F3N8/c62-61(63,64)54-25-38(32-67)11-18-47(54)42-13-20-51(60(29-42)72-56-8-4-2-6-49(56)53-28-41(15-22-58(53)72)46-17-10-37(31-66)24-44(46)35-70)50-19-12-39(33-68)26-59(50)71-55-7-3-1-5-48(55)52-27-40(14-21-57(52)71)45-16-9-36(30-65)23-43(45)34-69/h1-29H. The van der Waals surface area contributed by atoms with Crippen molar-refractivity contribution in [2.75, 3.05) is 0 Å². The summed E-state index contributed by atoms with van der Waals surface area (Å²) >= 11 is 0. The largest absolute Gasteiger partial charge is 0.417 e. The first-order chi connectivity index (χ1) is 35.0. The Hall–Kier alpha value is -10.7. The van der Waals surface area contributed by atoms with Crippen molar-refractivity contribution in [3.05, 3.63) is 215 Å². The molecule has 11 rings (SSSR count). The molecule has 11 heteroatoms. The number of para-hydroxylation sites is 2. The maximum Gasteiger partial charge on any atom is 0.417 e. The number of hydrogen-bond acceptors (Lipinski definition) is 6. The van der Waals surface area contributed by atoms with Crippen LogP contribution in [0, 0.1) is 68.0 Å². The highest BCUT2D eigenvalue weighted by molar-refractivity contribution is 6.13. The molecule has 0 radical (unpaired) electrons. The van der Waals surface area contributed by atoms with Gasteiger partial charge < -0.3 is 9.13 Å². The van der Waals surface area contributed by atoms with Crippen LogP contribution >= 0.6 is 0 Å². The number of rotatable bonds is 6. The summed E-state index contributed by atoms with van der Waals surface area (Å²) < 4.78 is 49.0. The monoisotopic (exact) mass is 930 g/mol. The molecule has 334 valence electrons. The van der Waals surface area contributed by atoms with Crippen LogP contribution in [0.1, 0.15) is 38.9 Å². The average molecular weight is 931 g/mol. The molecule has 0 aliphatic heterocycles. The van der Waals surface area contributed by atoms with Crippen LogP contribution in [0.5, 0.6) is 0 Å². The molecular weight excluding hydrogens is 902 g/mol. The van der Waals surface area contributed by atoms with E-state index in [0.717, 1.165) is 55.3 Å². The van der Waals surface area contributed by atoms with Crippen molar-refractivity contribution in [3.63, 3.8) is 0 Å². The Morgan fingerprint density at radius 1 is 0.319 bits per heavy atom. The summed E-state index contributed by atoms with van der Waals surface area (Å²) in [6.07, 6.45) is -4.80. The zero-order chi connectivity index (χ0) is 49.8. The van der Waals surface area contributed by atoms with Crippen LogP contribution in [0.3, 0.4) is 0 Å². The summed E-state index contributed by atoms with van der Waals surface area (Å²) in [5.41, 5.74) is 8.94. The van der Waals surface area contributed by atoms with Gasteiger partial charge in [-0.05, 0) is 124 Å². The summed E-state index contributed by atoms with van der Waals surface area (Å²) in [5.74, 6) is 0. The van der Waals surface area contributed by atoms with E-state index >= 15 is 0 Å². The predicted molar refractivity (Wildman–Crippen MR) is 270 cm³/mol. The third-order valence-corrected chi connectivity index (χ3v) is 13.2. The fraction of sp³-hybridized carbons (Fsp3) is 0.0164. The number of hydrogen-bond donors (Lipinski definition) is 0. The van der Waals surface area contributed by atoms with Gasteiger partial charge in [0.05, 0.1) is 109 Å². The molecule has 0 amide bonds. The lowest BCUT2D eigenvalue weighted by atomic mass is 9.93. The van der Waals surface area contributed by atoms with Crippen LogP contribution in [0.25, 0.3) is 99.5 Å². The van der Waals surface area contributed by atoms with Crippen molar-refractivity contribution in [1.82, 2.24) is 9.13 Å². The van der Waals surface area contributed by atoms with Crippen molar-refractivity contribution < 1.29 is 13.2 Å². The van der Waals surface area contributed by atoms with Crippen molar-refractivity contribution in [2.24, 2.45) is 0 Å². The second-order valence-corrected chi connectivity index (χ2v) is 17.1. The Bertz CT molecular complexity index is 4420. The molecule has 0 fully saturated rings. The van der Waals surface area contributed by atoms with Gasteiger partial charge in [0.2, 0.25) is 0 Å². The van der Waals surface area contributed by atoms with E-state index in [1.165, 1.54) is 12.1 Å². The van der Waals surface area contributed by atoms with Gasteiger partial charge in [0.1, 0.15) is 0 Å². The topological polar surface area (TPSA) is 153 Å². The number of benzene rings is 9. The Labute approximate surface area is 409 Å². The molecule has 0 unspecified atom stereocenters. The third kappa shape index (κ3) is 7.12. The van der Waals surface area contributed by atoms with Crippen molar-refractivity contribution in [2.45, 2.75) is 6.18 Å². The van der Waals surface area contributed by atoms with Gasteiger partial charge >= 0.3 is 6.18 Å². The van der Waals surface area contributed by atoms with Crippen LogP contribution < -0.4 is 0 Å². The maximum atomic E-state index is 15.0. The Morgan fingerprint density at radius 2 is 0.694 bits per heavy atom. The molecular formula is C61H29F3N8. The first kappa shape index (κ1) is 43.9. The van der Waals surface area contributed by atoms with Gasteiger partial charge in [-0.2, -0.15) is 44.7 Å². The maximum absolute atomic E-state index is 15.0. The number of halogens is 3. The smallest absolute Gasteiger partial charge is 0.309 e.